The SMILES string of the molecule is COc1ccccc1OCCC(=O)OCC(O)=C(C#N)c1nc2ccccc2[nH]1. The molecule has 29 heavy (non-hydrogen) atoms. The molecular formula is C21H19N3O5. The normalized spacial score (nSPS) is 11.4. The topological polar surface area (TPSA) is 117 Å². The highest BCUT2D eigenvalue weighted by atomic mass is 16.5. The summed E-state index contributed by atoms with van der Waals surface area (Å²) in [6.45, 7) is -0.355. The number of carbonyl (C=O) groups is 1. The second kappa shape index (κ2) is 9.28. The van der Waals surface area contributed by atoms with Gasteiger partial charge in [-0.05, 0) is 24.3 Å². The van der Waals surface area contributed by atoms with Crippen LogP contribution in [0.25, 0.3) is 16.6 Å². The number of aliphatic hydroxyl groups is 1. The number of esters is 1. The number of hydrogen-bond acceptors (Lipinski definition) is 7. The number of nitrogens with one attached hydrogen (secondary N) is 1. The van der Waals surface area contributed by atoms with E-state index < -0.39 is 12.6 Å². The Bertz CT molecular complexity index is 1050. The molecule has 0 fully saturated rings. The molecule has 0 saturated heterocycles. The number of rotatable bonds is 8. The first-order chi connectivity index (χ1) is 14.1. The van der Waals surface area contributed by atoms with Gasteiger partial charge in [-0.3, -0.25) is 4.79 Å². The number of nitriles is 1. The maximum atomic E-state index is 11.9. The van der Waals surface area contributed by atoms with E-state index in [4.69, 9.17) is 14.2 Å². The molecule has 0 aliphatic rings. The van der Waals surface area contributed by atoms with Crippen molar-refractivity contribution in [2.45, 2.75) is 6.42 Å². The number of aromatic nitrogens is 2. The van der Waals surface area contributed by atoms with Gasteiger partial charge in [-0.1, -0.05) is 24.3 Å². The lowest BCUT2D eigenvalue weighted by Crippen LogP contribution is -2.12. The third-order valence-corrected chi connectivity index (χ3v) is 4.03. The third-order valence-electron chi connectivity index (χ3n) is 4.03. The molecule has 8 nitrogen and oxygen atoms in total. The Labute approximate surface area is 167 Å². The lowest BCUT2D eigenvalue weighted by atomic mass is 10.2. The van der Waals surface area contributed by atoms with Gasteiger partial charge in [0.25, 0.3) is 0 Å². The Hall–Kier alpha value is -3.99. The summed E-state index contributed by atoms with van der Waals surface area (Å²) in [5.74, 6) is 0.328. The van der Waals surface area contributed by atoms with Crippen LogP contribution in [0.4, 0.5) is 0 Å². The van der Waals surface area contributed by atoms with Gasteiger partial charge in [-0.25, -0.2) is 4.98 Å². The number of benzene rings is 2. The fourth-order valence-corrected chi connectivity index (χ4v) is 2.60. The summed E-state index contributed by atoms with van der Waals surface area (Å²) in [5.41, 5.74) is 1.31. The molecule has 0 unspecified atom stereocenters. The average Bonchev–Trinajstić information content (AvgIpc) is 3.16. The van der Waals surface area contributed by atoms with Gasteiger partial charge in [-0.2, -0.15) is 5.26 Å². The first kappa shape index (κ1) is 19.8. The molecule has 148 valence electrons. The van der Waals surface area contributed by atoms with Crippen molar-refractivity contribution in [1.29, 1.82) is 5.26 Å². The number of nitrogens with zero attached hydrogens (tertiary/aromatic N) is 2. The standard InChI is InChI=1S/C21H19N3O5/c1-27-18-8-4-5-9-19(18)28-11-10-20(26)29-13-17(25)14(12-22)21-23-15-6-2-3-7-16(15)24-21/h2-9,25H,10-11,13H2,1H3,(H,23,24). The summed E-state index contributed by atoms with van der Waals surface area (Å²) in [4.78, 5) is 19.1. The zero-order valence-corrected chi connectivity index (χ0v) is 15.7. The molecule has 0 aliphatic carbocycles. The van der Waals surface area contributed by atoms with Gasteiger partial charge in [0, 0.05) is 0 Å². The predicted molar refractivity (Wildman–Crippen MR) is 105 cm³/mol. The quantitative estimate of drug-likeness (QED) is 0.342. The van der Waals surface area contributed by atoms with E-state index in [2.05, 4.69) is 9.97 Å². The Morgan fingerprint density at radius 1 is 1.17 bits per heavy atom. The zero-order chi connectivity index (χ0) is 20.6. The van der Waals surface area contributed by atoms with Crippen LogP contribution in [0.2, 0.25) is 0 Å². The van der Waals surface area contributed by atoms with Gasteiger partial charge < -0.3 is 24.3 Å². The maximum Gasteiger partial charge on any atom is 0.309 e. The first-order valence-electron chi connectivity index (χ1n) is 8.81. The molecule has 1 aromatic heterocycles. The minimum atomic E-state index is -0.576. The number of allylic oxidation sites excluding steroid dienone is 1. The van der Waals surface area contributed by atoms with Crippen LogP contribution >= 0.6 is 0 Å². The number of methoxy groups -OCH3 is 1. The summed E-state index contributed by atoms with van der Waals surface area (Å²) in [6, 6.07) is 16.2. The maximum absolute atomic E-state index is 11.9. The lowest BCUT2D eigenvalue weighted by molar-refractivity contribution is -0.143. The van der Waals surface area contributed by atoms with Gasteiger partial charge in [0.05, 0.1) is 31.2 Å². The van der Waals surface area contributed by atoms with Crippen LogP contribution in [-0.2, 0) is 9.53 Å². The average molecular weight is 393 g/mol. The molecule has 0 amide bonds. The summed E-state index contributed by atoms with van der Waals surface area (Å²) >= 11 is 0. The lowest BCUT2D eigenvalue weighted by Gasteiger charge is -2.10. The number of aromatic amines is 1. The molecule has 0 saturated carbocycles. The number of aliphatic hydroxyl groups excluding tert-OH is 1. The Morgan fingerprint density at radius 3 is 2.62 bits per heavy atom. The molecule has 0 bridgehead atoms. The van der Waals surface area contributed by atoms with Crippen LogP contribution in [-0.4, -0.2) is 41.4 Å². The molecule has 3 rings (SSSR count). The molecule has 2 aromatic carbocycles. The van der Waals surface area contributed by atoms with E-state index in [0.29, 0.717) is 17.0 Å². The van der Waals surface area contributed by atoms with Crippen molar-refractivity contribution in [3.63, 3.8) is 0 Å². The number of carbonyl (C=O) groups excluding carboxylic acids is 1. The number of fused-ring (bicyclic) bond motifs is 1. The molecule has 8 heteroatoms. The predicted octanol–water partition coefficient (Wildman–Crippen LogP) is 3.38. The molecular weight excluding hydrogens is 374 g/mol. The van der Waals surface area contributed by atoms with Gasteiger partial charge in [0.1, 0.15) is 18.2 Å². The highest BCUT2D eigenvalue weighted by Gasteiger charge is 2.15. The van der Waals surface area contributed by atoms with Gasteiger partial charge in [-0.15, -0.1) is 0 Å². The van der Waals surface area contributed by atoms with Crippen molar-refractivity contribution >= 4 is 22.6 Å². The molecule has 0 spiro atoms. The van der Waals surface area contributed by atoms with Gasteiger partial charge in [0.15, 0.2) is 23.1 Å². The molecule has 3 aromatic rings. The van der Waals surface area contributed by atoms with E-state index in [9.17, 15) is 15.2 Å². The summed E-state index contributed by atoms with van der Waals surface area (Å²) in [5, 5.41) is 19.5. The molecule has 2 N–H and O–H groups in total. The van der Waals surface area contributed by atoms with Crippen molar-refractivity contribution in [2.24, 2.45) is 0 Å². The van der Waals surface area contributed by atoms with Crippen molar-refractivity contribution in [1.82, 2.24) is 9.97 Å². The number of ether oxygens (including phenoxy) is 3. The van der Waals surface area contributed by atoms with Crippen molar-refractivity contribution in [3.05, 3.63) is 60.1 Å². The van der Waals surface area contributed by atoms with E-state index in [1.807, 2.05) is 24.3 Å². The van der Waals surface area contributed by atoms with Crippen LogP contribution in [0, 0.1) is 11.3 Å². The monoisotopic (exact) mass is 393 g/mol. The van der Waals surface area contributed by atoms with E-state index in [1.54, 1.807) is 30.3 Å². The summed E-state index contributed by atoms with van der Waals surface area (Å²) < 4.78 is 15.7. The number of imidazole rings is 1. The van der Waals surface area contributed by atoms with Crippen molar-refractivity contribution in [2.75, 3.05) is 20.3 Å². The third kappa shape index (κ3) is 4.84. The van der Waals surface area contributed by atoms with Crippen LogP contribution in [0.1, 0.15) is 12.2 Å². The van der Waals surface area contributed by atoms with Gasteiger partial charge >= 0.3 is 5.97 Å². The van der Waals surface area contributed by atoms with Crippen LogP contribution in [0.15, 0.2) is 54.3 Å². The Kier molecular flexibility index (Phi) is 6.32. The molecule has 0 atom stereocenters. The summed E-state index contributed by atoms with van der Waals surface area (Å²) in [6.07, 6.45) is -0.0299. The van der Waals surface area contributed by atoms with Gasteiger partial charge in [0.2, 0.25) is 0 Å². The Morgan fingerprint density at radius 2 is 1.90 bits per heavy atom. The number of H-pyrrole nitrogens is 1. The Balaban J connectivity index is 1.56. The van der Waals surface area contributed by atoms with E-state index in [0.717, 1.165) is 5.52 Å². The number of para-hydroxylation sites is 4. The van der Waals surface area contributed by atoms with Crippen LogP contribution < -0.4 is 9.47 Å². The second-order valence-electron chi connectivity index (χ2n) is 5.95. The zero-order valence-electron chi connectivity index (χ0n) is 15.7. The first-order valence-corrected chi connectivity index (χ1v) is 8.81. The van der Waals surface area contributed by atoms with E-state index in [1.165, 1.54) is 7.11 Å². The minimum absolute atomic E-state index is 0.0299. The highest BCUT2D eigenvalue weighted by molar-refractivity contribution is 5.83. The van der Waals surface area contributed by atoms with Crippen molar-refractivity contribution < 1.29 is 24.1 Å². The minimum Gasteiger partial charge on any atom is -0.507 e. The smallest absolute Gasteiger partial charge is 0.309 e. The largest absolute Gasteiger partial charge is 0.507 e. The number of hydrogen-bond donors (Lipinski definition) is 2. The summed E-state index contributed by atoms with van der Waals surface area (Å²) in [7, 11) is 1.53. The van der Waals surface area contributed by atoms with Crippen LogP contribution in [0.5, 0.6) is 11.5 Å². The van der Waals surface area contributed by atoms with Crippen LogP contribution in [0.3, 0.4) is 0 Å². The highest BCUT2D eigenvalue weighted by Crippen LogP contribution is 2.25. The van der Waals surface area contributed by atoms with E-state index >= 15 is 0 Å². The van der Waals surface area contributed by atoms with Crippen molar-refractivity contribution in [3.8, 4) is 17.6 Å². The second-order valence-corrected chi connectivity index (χ2v) is 5.95. The fourth-order valence-electron chi connectivity index (χ4n) is 2.60. The molecule has 1 heterocycles. The molecule has 0 radical (unpaired) electrons. The fraction of sp³-hybridized carbons (Fsp3) is 0.190. The van der Waals surface area contributed by atoms with E-state index in [-0.39, 0.29) is 30.2 Å². The molecule has 0 aliphatic heterocycles.